The van der Waals surface area contributed by atoms with Crippen molar-refractivity contribution in [1.82, 2.24) is 10.1 Å². The standard InChI is InChI=1S/C16H18N2O3/c1-11-10-15(21-17-11)13-7-5-9-18(13)16(19)12-6-3-4-8-14(12)20-2/h3-4,6,8,10,13H,5,7,9H2,1-2H3/t13-/m1/s1. The average molecular weight is 286 g/mol. The Bertz CT molecular complexity index is 650. The van der Waals surface area contributed by atoms with Gasteiger partial charge in [-0.2, -0.15) is 0 Å². The number of rotatable bonds is 3. The van der Waals surface area contributed by atoms with Gasteiger partial charge >= 0.3 is 0 Å². The summed E-state index contributed by atoms with van der Waals surface area (Å²) in [6.07, 6.45) is 1.86. The predicted molar refractivity (Wildman–Crippen MR) is 77.2 cm³/mol. The molecule has 5 nitrogen and oxygen atoms in total. The van der Waals surface area contributed by atoms with Gasteiger partial charge in [0.1, 0.15) is 5.75 Å². The van der Waals surface area contributed by atoms with Crippen LogP contribution in [0.2, 0.25) is 0 Å². The number of aromatic nitrogens is 1. The quantitative estimate of drug-likeness (QED) is 0.870. The van der Waals surface area contributed by atoms with Gasteiger partial charge in [-0.05, 0) is 31.9 Å². The molecule has 0 N–H and O–H groups in total. The first kappa shape index (κ1) is 13.7. The predicted octanol–water partition coefficient (Wildman–Crippen LogP) is 2.97. The van der Waals surface area contributed by atoms with E-state index in [9.17, 15) is 4.79 Å². The summed E-state index contributed by atoms with van der Waals surface area (Å²) in [6, 6.07) is 9.16. The molecule has 21 heavy (non-hydrogen) atoms. The van der Waals surface area contributed by atoms with E-state index in [1.54, 1.807) is 19.2 Å². The number of hydrogen-bond donors (Lipinski definition) is 0. The molecule has 0 radical (unpaired) electrons. The second-order valence-electron chi connectivity index (χ2n) is 5.23. The molecule has 110 valence electrons. The zero-order valence-electron chi connectivity index (χ0n) is 12.2. The van der Waals surface area contributed by atoms with Gasteiger partial charge in [-0.3, -0.25) is 4.79 Å². The number of likely N-dealkylation sites (tertiary alicyclic amines) is 1. The highest BCUT2D eigenvalue weighted by Crippen LogP contribution is 2.34. The topological polar surface area (TPSA) is 55.6 Å². The minimum Gasteiger partial charge on any atom is -0.496 e. The van der Waals surface area contributed by atoms with Gasteiger partial charge in [-0.1, -0.05) is 17.3 Å². The second kappa shape index (κ2) is 5.60. The lowest BCUT2D eigenvalue weighted by molar-refractivity contribution is 0.0711. The second-order valence-corrected chi connectivity index (χ2v) is 5.23. The molecule has 1 aromatic carbocycles. The molecule has 5 heteroatoms. The van der Waals surface area contributed by atoms with E-state index < -0.39 is 0 Å². The summed E-state index contributed by atoms with van der Waals surface area (Å²) >= 11 is 0. The van der Waals surface area contributed by atoms with E-state index in [1.165, 1.54) is 0 Å². The number of carbonyl (C=O) groups excluding carboxylic acids is 1. The molecule has 2 aromatic rings. The third-order valence-corrected chi connectivity index (χ3v) is 3.83. The van der Waals surface area contributed by atoms with Crippen LogP contribution < -0.4 is 4.74 Å². The molecule has 3 rings (SSSR count). The SMILES string of the molecule is COc1ccccc1C(=O)N1CCC[C@@H]1c1cc(C)no1. The summed E-state index contributed by atoms with van der Waals surface area (Å²) in [7, 11) is 1.58. The van der Waals surface area contributed by atoms with Crippen LogP contribution in [0.3, 0.4) is 0 Å². The van der Waals surface area contributed by atoms with Crippen molar-refractivity contribution in [3.05, 3.63) is 47.3 Å². The van der Waals surface area contributed by atoms with Crippen LogP contribution in [0.5, 0.6) is 5.75 Å². The van der Waals surface area contributed by atoms with Crippen LogP contribution in [0.25, 0.3) is 0 Å². The van der Waals surface area contributed by atoms with Gasteiger partial charge in [0.25, 0.3) is 5.91 Å². The molecule has 1 atom stereocenters. The number of ether oxygens (including phenoxy) is 1. The van der Waals surface area contributed by atoms with Crippen LogP contribution in [0.1, 0.15) is 40.7 Å². The van der Waals surface area contributed by atoms with Crippen molar-refractivity contribution < 1.29 is 14.1 Å². The van der Waals surface area contributed by atoms with Gasteiger partial charge in [0.05, 0.1) is 24.4 Å². The van der Waals surface area contributed by atoms with Gasteiger partial charge < -0.3 is 14.2 Å². The molecule has 0 spiro atoms. The van der Waals surface area contributed by atoms with Crippen molar-refractivity contribution in [2.75, 3.05) is 13.7 Å². The molecule has 1 aliphatic heterocycles. The van der Waals surface area contributed by atoms with Crippen molar-refractivity contribution in [2.45, 2.75) is 25.8 Å². The van der Waals surface area contributed by atoms with Crippen LogP contribution in [-0.2, 0) is 0 Å². The number of nitrogens with zero attached hydrogens (tertiary/aromatic N) is 2. The van der Waals surface area contributed by atoms with Gasteiger partial charge in [0, 0.05) is 12.6 Å². The fraction of sp³-hybridized carbons (Fsp3) is 0.375. The van der Waals surface area contributed by atoms with Crippen molar-refractivity contribution in [3.63, 3.8) is 0 Å². The maximum atomic E-state index is 12.8. The molecule has 0 saturated carbocycles. The lowest BCUT2D eigenvalue weighted by Gasteiger charge is -2.23. The minimum atomic E-state index is -0.0383. The highest BCUT2D eigenvalue weighted by molar-refractivity contribution is 5.97. The van der Waals surface area contributed by atoms with Crippen LogP contribution in [0, 0.1) is 6.92 Å². The summed E-state index contributed by atoms with van der Waals surface area (Å²) in [5.74, 6) is 1.33. The summed E-state index contributed by atoms with van der Waals surface area (Å²) in [5.41, 5.74) is 1.42. The normalized spacial score (nSPS) is 18.0. The molecule has 0 bridgehead atoms. The average Bonchev–Trinajstić information content (AvgIpc) is 3.14. The van der Waals surface area contributed by atoms with Crippen LogP contribution in [0.4, 0.5) is 0 Å². The number of para-hydroxylation sites is 1. The molecule has 0 aliphatic carbocycles. The largest absolute Gasteiger partial charge is 0.496 e. The van der Waals surface area contributed by atoms with Gasteiger partial charge in [-0.25, -0.2) is 0 Å². The Kier molecular flexibility index (Phi) is 3.64. The third-order valence-electron chi connectivity index (χ3n) is 3.83. The molecular formula is C16H18N2O3. The number of carbonyl (C=O) groups is 1. The Morgan fingerprint density at radius 3 is 2.95 bits per heavy atom. The molecule has 2 heterocycles. The zero-order chi connectivity index (χ0) is 14.8. The third kappa shape index (κ3) is 2.51. The molecule has 1 amide bonds. The van der Waals surface area contributed by atoms with E-state index in [0.29, 0.717) is 11.3 Å². The van der Waals surface area contributed by atoms with E-state index in [2.05, 4.69) is 5.16 Å². The summed E-state index contributed by atoms with van der Waals surface area (Å²) in [5, 5.41) is 3.92. The van der Waals surface area contributed by atoms with Crippen LogP contribution >= 0.6 is 0 Å². The van der Waals surface area contributed by atoms with Crippen molar-refractivity contribution in [3.8, 4) is 5.75 Å². The molecule has 0 unspecified atom stereocenters. The Morgan fingerprint density at radius 2 is 2.24 bits per heavy atom. The van der Waals surface area contributed by atoms with E-state index in [0.717, 1.165) is 30.8 Å². The monoisotopic (exact) mass is 286 g/mol. The van der Waals surface area contributed by atoms with Gasteiger partial charge in [0.2, 0.25) is 0 Å². The van der Waals surface area contributed by atoms with E-state index in [-0.39, 0.29) is 11.9 Å². The van der Waals surface area contributed by atoms with Crippen LogP contribution in [-0.4, -0.2) is 29.6 Å². The lowest BCUT2D eigenvalue weighted by Crippen LogP contribution is -2.30. The van der Waals surface area contributed by atoms with Gasteiger partial charge in [0.15, 0.2) is 5.76 Å². The lowest BCUT2D eigenvalue weighted by atomic mass is 10.1. The van der Waals surface area contributed by atoms with E-state index in [4.69, 9.17) is 9.26 Å². The first-order chi connectivity index (χ1) is 10.2. The van der Waals surface area contributed by atoms with Crippen molar-refractivity contribution >= 4 is 5.91 Å². The number of hydrogen-bond acceptors (Lipinski definition) is 4. The molecule has 1 saturated heterocycles. The number of methoxy groups -OCH3 is 1. The Hall–Kier alpha value is -2.30. The number of benzene rings is 1. The first-order valence-corrected chi connectivity index (χ1v) is 7.08. The number of aryl methyl sites for hydroxylation is 1. The van der Waals surface area contributed by atoms with Gasteiger partial charge in [-0.15, -0.1) is 0 Å². The zero-order valence-corrected chi connectivity index (χ0v) is 12.2. The van der Waals surface area contributed by atoms with Crippen molar-refractivity contribution in [1.29, 1.82) is 0 Å². The molecular weight excluding hydrogens is 268 g/mol. The van der Waals surface area contributed by atoms with E-state index >= 15 is 0 Å². The fourth-order valence-corrected chi connectivity index (χ4v) is 2.82. The summed E-state index contributed by atoms with van der Waals surface area (Å²) in [6.45, 7) is 2.61. The molecule has 1 aromatic heterocycles. The highest BCUT2D eigenvalue weighted by atomic mass is 16.5. The molecule has 1 fully saturated rings. The van der Waals surface area contributed by atoms with Crippen molar-refractivity contribution in [2.24, 2.45) is 0 Å². The fourth-order valence-electron chi connectivity index (χ4n) is 2.82. The summed E-state index contributed by atoms with van der Waals surface area (Å²) in [4.78, 5) is 14.6. The Labute approximate surface area is 123 Å². The van der Waals surface area contributed by atoms with E-state index in [1.807, 2.05) is 30.0 Å². The smallest absolute Gasteiger partial charge is 0.258 e. The Morgan fingerprint density at radius 1 is 1.43 bits per heavy atom. The maximum Gasteiger partial charge on any atom is 0.258 e. The first-order valence-electron chi connectivity index (χ1n) is 7.08. The summed E-state index contributed by atoms with van der Waals surface area (Å²) < 4.78 is 10.6. The maximum absolute atomic E-state index is 12.8. The number of amides is 1. The Balaban J connectivity index is 1.89. The minimum absolute atomic E-state index is 0.0241. The highest BCUT2D eigenvalue weighted by Gasteiger charge is 2.34. The van der Waals surface area contributed by atoms with Crippen LogP contribution in [0.15, 0.2) is 34.9 Å². The molecule has 1 aliphatic rings.